The second kappa shape index (κ2) is 9.01. The third-order valence-electron chi connectivity index (χ3n) is 4.11. The molecule has 0 spiro atoms. The number of anilines is 2. The van der Waals surface area contributed by atoms with E-state index in [0.29, 0.717) is 16.9 Å². The number of carbonyl (C=O) groups is 4. The maximum absolute atomic E-state index is 12.3. The fourth-order valence-corrected chi connectivity index (χ4v) is 2.61. The Morgan fingerprint density at radius 2 is 1.76 bits per heavy atom. The number of rotatable bonds is 7. The lowest BCUT2D eigenvalue weighted by atomic mass is 10.1. The van der Waals surface area contributed by atoms with Crippen molar-refractivity contribution in [1.82, 2.24) is 5.32 Å². The van der Waals surface area contributed by atoms with E-state index in [2.05, 4.69) is 16.0 Å². The molecular weight excluding hydrogens is 374 g/mol. The molecule has 8 nitrogen and oxygen atoms in total. The number of para-hydroxylation sites is 1. The van der Waals surface area contributed by atoms with E-state index in [9.17, 15) is 19.2 Å². The highest BCUT2D eigenvalue weighted by molar-refractivity contribution is 6.04. The van der Waals surface area contributed by atoms with Gasteiger partial charge in [0.1, 0.15) is 0 Å². The molecule has 1 aliphatic rings. The van der Waals surface area contributed by atoms with Crippen molar-refractivity contribution in [2.24, 2.45) is 0 Å². The van der Waals surface area contributed by atoms with Crippen molar-refractivity contribution in [2.75, 3.05) is 17.2 Å². The Labute approximate surface area is 167 Å². The van der Waals surface area contributed by atoms with Crippen molar-refractivity contribution in [3.05, 3.63) is 59.7 Å². The summed E-state index contributed by atoms with van der Waals surface area (Å²) in [5, 5.41) is 8.03. The molecule has 8 heteroatoms. The van der Waals surface area contributed by atoms with Gasteiger partial charge in [0, 0.05) is 18.7 Å². The van der Waals surface area contributed by atoms with E-state index in [1.165, 1.54) is 19.1 Å². The van der Waals surface area contributed by atoms with Gasteiger partial charge in [0.15, 0.2) is 6.61 Å². The first-order valence-corrected chi connectivity index (χ1v) is 9.17. The van der Waals surface area contributed by atoms with E-state index in [1.807, 2.05) is 0 Å². The van der Waals surface area contributed by atoms with E-state index >= 15 is 0 Å². The highest BCUT2D eigenvalue weighted by Gasteiger charge is 2.25. The lowest BCUT2D eigenvalue weighted by Crippen LogP contribution is -2.28. The van der Waals surface area contributed by atoms with Gasteiger partial charge in [0.2, 0.25) is 5.91 Å². The molecule has 29 heavy (non-hydrogen) atoms. The molecule has 1 saturated carbocycles. The number of carbonyl (C=O) groups excluding carboxylic acids is 4. The van der Waals surface area contributed by atoms with Crippen LogP contribution in [0.4, 0.5) is 11.4 Å². The van der Waals surface area contributed by atoms with Crippen molar-refractivity contribution in [1.29, 1.82) is 0 Å². The molecule has 1 fully saturated rings. The molecule has 0 heterocycles. The van der Waals surface area contributed by atoms with Crippen LogP contribution < -0.4 is 16.0 Å². The Hall–Kier alpha value is -3.68. The standard InChI is InChI=1S/C21H21N3O5/c1-13(25)22-16-6-4-5-14(11-16)21(28)29-12-19(26)24-18-8-3-2-7-17(18)20(27)23-15-9-10-15/h2-8,11,15H,9-10,12H2,1H3,(H,22,25)(H,23,27)(H,24,26). The lowest BCUT2D eigenvalue weighted by molar-refractivity contribution is -0.119. The van der Waals surface area contributed by atoms with Gasteiger partial charge in [-0.25, -0.2) is 4.79 Å². The molecule has 150 valence electrons. The molecule has 0 unspecified atom stereocenters. The predicted molar refractivity (Wildman–Crippen MR) is 107 cm³/mol. The van der Waals surface area contributed by atoms with Crippen LogP contribution in [0.15, 0.2) is 48.5 Å². The average Bonchev–Trinajstić information content (AvgIpc) is 3.50. The summed E-state index contributed by atoms with van der Waals surface area (Å²) in [4.78, 5) is 47.7. The normalized spacial score (nSPS) is 12.6. The number of amides is 3. The van der Waals surface area contributed by atoms with Gasteiger partial charge in [-0.05, 0) is 43.2 Å². The summed E-state index contributed by atoms with van der Waals surface area (Å²) in [5.41, 5.74) is 1.35. The van der Waals surface area contributed by atoms with E-state index in [-0.39, 0.29) is 23.4 Å². The fourth-order valence-electron chi connectivity index (χ4n) is 2.61. The van der Waals surface area contributed by atoms with E-state index in [1.54, 1.807) is 36.4 Å². The van der Waals surface area contributed by atoms with Crippen molar-refractivity contribution in [2.45, 2.75) is 25.8 Å². The summed E-state index contributed by atoms with van der Waals surface area (Å²) >= 11 is 0. The van der Waals surface area contributed by atoms with Crippen LogP contribution in [0.5, 0.6) is 0 Å². The zero-order valence-electron chi connectivity index (χ0n) is 15.9. The van der Waals surface area contributed by atoms with Crippen LogP contribution in [-0.4, -0.2) is 36.3 Å². The molecule has 3 amide bonds. The van der Waals surface area contributed by atoms with Crippen LogP contribution in [0, 0.1) is 0 Å². The van der Waals surface area contributed by atoms with Gasteiger partial charge >= 0.3 is 5.97 Å². The highest BCUT2D eigenvalue weighted by Crippen LogP contribution is 2.21. The number of esters is 1. The largest absolute Gasteiger partial charge is 0.452 e. The molecule has 0 radical (unpaired) electrons. The van der Waals surface area contributed by atoms with Gasteiger partial charge in [-0.3, -0.25) is 14.4 Å². The Morgan fingerprint density at radius 3 is 2.48 bits per heavy atom. The first-order valence-electron chi connectivity index (χ1n) is 9.17. The van der Waals surface area contributed by atoms with Crippen LogP contribution in [0.1, 0.15) is 40.5 Å². The number of nitrogens with one attached hydrogen (secondary N) is 3. The van der Waals surface area contributed by atoms with Crippen LogP contribution in [-0.2, 0) is 14.3 Å². The molecule has 2 aromatic rings. The quantitative estimate of drug-likeness (QED) is 0.623. The minimum absolute atomic E-state index is 0.195. The zero-order chi connectivity index (χ0) is 20.8. The summed E-state index contributed by atoms with van der Waals surface area (Å²) < 4.78 is 5.03. The van der Waals surface area contributed by atoms with Crippen LogP contribution in [0.25, 0.3) is 0 Å². The van der Waals surface area contributed by atoms with Crippen LogP contribution in [0.2, 0.25) is 0 Å². The Morgan fingerprint density at radius 1 is 1.00 bits per heavy atom. The smallest absolute Gasteiger partial charge is 0.338 e. The van der Waals surface area contributed by atoms with Gasteiger partial charge in [0.25, 0.3) is 11.8 Å². The van der Waals surface area contributed by atoms with Gasteiger partial charge < -0.3 is 20.7 Å². The molecule has 3 rings (SSSR count). The van der Waals surface area contributed by atoms with Crippen LogP contribution in [0.3, 0.4) is 0 Å². The van der Waals surface area contributed by atoms with Crippen LogP contribution >= 0.6 is 0 Å². The molecule has 2 aromatic carbocycles. The Bertz CT molecular complexity index is 953. The molecule has 3 N–H and O–H groups in total. The third-order valence-corrected chi connectivity index (χ3v) is 4.11. The van der Waals surface area contributed by atoms with E-state index < -0.39 is 18.5 Å². The summed E-state index contributed by atoms with van der Waals surface area (Å²) in [6.45, 7) is 0.847. The minimum Gasteiger partial charge on any atom is -0.452 e. The maximum atomic E-state index is 12.3. The lowest BCUT2D eigenvalue weighted by Gasteiger charge is -2.11. The Kier molecular flexibility index (Phi) is 6.23. The summed E-state index contributed by atoms with van der Waals surface area (Å²) in [5.74, 6) is -1.79. The first kappa shape index (κ1) is 20.1. The Balaban J connectivity index is 1.57. The van der Waals surface area contributed by atoms with Gasteiger partial charge in [-0.2, -0.15) is 0 Å². The number of benzene rings is 2. The first-order chi connectivity index (χ1) is 13.9. The monoisotopic (exact) mass is 395 g/mol. The number of hydrogen-bond donors (Lipinski definition) is 3. The summed E-state index contributed by atoms with van der Waals surface area (Å²) in [6.07, 6.45) is 1.92. The van der Waals surface area contributed by atoms with Gasteiger partial charge in [0.05, 0.1) is 16.8 Å². The fraction of sp³-hybridized carbons (Fsp3) is 0.238. The molecular formula is C21H21N3O5. The number of ether oxygens (including phenoxy) is 1. The second-order valence-electron chi connectivity index (χ2n) is 6.68. The maximum Gasteiger partial charge on any atom is 0.338 e. The highest BCUT2D eigenvalue weighted by atomic mass is 16.5. The molecule has 1 aliphatic carbocycles. The summed E-state index contributed by atoms with van der Waals surface area (Å²) in [6, 6.07) is 13.0. The average molecular weight is 395 g/mol. The molecule has 0 atom stereocenters. The van der Waals surface area contributed by atoms with E-state index in [0.717, 1.165) is 12.8 Å². The second-order valence-corrected chi connectivity index (χ2v) is 6.68. The SMILES string of the molecule is CC(=O)Nc1cccc(C(=O)OCC(=O)Nc2ccccc2C(=O)NC2CC2)c1. The third kappa shape index (κ3) is 5.90. The zero-order valence-corrected chi connectivity index (χ0v) is 15.9. The topological polar surface area (TPSA) is 114 Å². The number of hydrogen-bond acceptors (Lipinski definition) is 5. The molecule has 0 aliphatic heterocycles. The van der Waals surface area contributed by atoms with Crippen molar-refractivity contribution in [3.63, 3.8) is 0 Å². The molecule has 0 bridgehead atoms. The van der Waals surface area contributed by atoms with Crippen molar-refractivity contribution in [3.8, 4) is 0 Å². The summed E-state index contributed by atoms with van der Waals surface area (Å²) in [7, 11) is 0. The minimum atomic E-state index is -0.702. The van der Waals surface area contributed by atoms with Crippen molar-refractivity contribution < 1.29 is 23.9 Å². The van der Waals surface area contributed by atoms with Gasteiger partial charge in [-0.1, -0.05) is 18.2 Å². The molecule has 0 aromatic heterocycles. The molecule has 0 saturated heterocycles. The van der Waals surface area contributed by atoms with Gasteiger partial charge in [-0.15, -0.1) is 0 Å². The predicted octanol–water partition coefficient (Wildman–Crippen LogP) is 2.33. The van der Waals surface area contributed by atoms with Crippen molar-refractivity contribution >= 4 is 35.1 Å². The van der Waals surface area contributed by atoms with E-state index in [4.69, 9.17) is 4.74 Å².